The summed E-state index contributed by atoms with van der Waals surface area (Å²) in [7, 11) is 0. The van der Waals surface area contributed by atoms with Crippen molar-refractivity contribution in [3.8, 4) is 5.75 Å². The fraction of sp³-hybridized carbons (Fsp3) is 0.375. The molecule has 0 unspecified atom stereocenters. The molecule has 1 saturated heterocycles. The number of hydrogen-bond donors (Lipinski definition) is 1. The highest BCUT2D eigenvalue weighted by Crippen LogP contribution is 2.32. The number of ether oxygens (including phenoxy) is 1. The second-order valence-electron chi connectivity index (χ2n) is 5.43. The van der Waals surface area contributed by atoms with Crippen molar-refractivity contribution in [3.63, 3.8) is 0 Å². The Balaban J connectivity index is 1.67. The van der Waals surface area contributed by atoms with Crippen LogP contribution in [0.3, 0.4) is 0 Å². The molecule has 2 heterocycles. The lowest BCUT2D eigenvalue weighted by molar-refractivity contribution is -0.134. The molecule has 22 heavy (non-hydrogen) atoms. The first-order chi connectivity index (χ1) is 10.7. The molecule has 0 radical (unpaired) electrons. The van der Waals surface area contributed by atoms with E-state index in [9.17, 15) is 9.18 Å². The molecular weight excluding hydrogens is 285 g/mol. The number of likely N-dealkylation sites (tertiary alicyclic amines) is 1. The molecule has 6 heteroatoms. The van der Waals surface area contributed by atoms with E-state index in [2.05, 4.69) is 10.2 Å². The van der Waals surface area contributed by atoms with Crippen LogP contribution in [0.1, 0.15) is 30.1 Å². The molecule has 1 N–H and O–H groups in total. The summed E-state index contributed by atoms with van der Waals surface area (Å²) in [6.07, 6.45) is 3.59. The summed E-state index contributed by atoms with van der Waals surface area (Å²) in [5.74, 6) is -0.498. The van der Waals surface area contributed by atoms with Gasteiger partial charge in [-0.2, -0.15) is 5.10 Å². The van der Waals surface area contributed by atoms with Crippen molar-refractivity contribution in [1.82, 2.24) is 15.1 Å². The molecule has 0 bridgehead atoms. The normalized spacial score (nSPS) is 17.7. The van der Waals surface area contributed by atoms with E-state index in [0.29, 0.717) is 6.54 Å². The van der Waals surface area contributed by atoms with E-state index >= 15 is 0 Å². The summed E-state index contributed by atoms with van der Waals surface area (Å²) in [6.45, 7) is 2.49. The Morgan fingerprint density at radius 1 is 1.50 bits per heavy atom. The van der Waals surface area contributed by atoms with E-state index in [1.54, 1.807) is 23.2 Å². The Hall–Kier alpha value is -2.37. The first-order valence-corrected chi connectivity index (χ1v) is 7.33. The zero-order valence-electron chi connectivity index (χ0n) is 12.4. The molecule has 116 valence electrons. The molecule has 3 rings (SSSR count). The number of H-pyrrole nitrogens is 1. The number of nitrogens with zero attached hydrogens (tertiary/aromatic N) is 2. The minimum absolute atomic E-state index is 0.000722. The van der Waals surface area contributed by atoms with Crippen molar-refractivity contribution in [2.24, 2.45) is 0 Å². The molecule has 1 atom stereocenters. The second kappa shape index (κ2) is 6.17. The van der Waals surface area contributed by atoms with Crippen molar-refractivity contribution >= 4 is 5.91 Å². The largest absolute Gasteiger partial charge is 0.481 e. The van der Waals surface area contributed by atoms with Gasteiger partial charge in [0.15, 0.2) is 18.2 Å². The van der Waals surface area contributed by atoms with Crippen LogP contribution in [-0.2, 0) is 4.79 Å². The predicted molar refractivity (Wildman–Crippen MR) is 78.9 cm³/mol. The highest BCUT2D eigenvalue weighted by molar-refractivity contribution is 5.78. The molecule has 1 aliphatic heterocycles. The maximum atomic E-state index is 13.5. The third-order valence-corrected chi connectivity index (χ3v) is 3.96. The van der Waals surface area contributed by atoms with Gasteiger partial charge < -0.3 is 9.64 Å². The molecule has 1 aliphatic rings. The van der Waals surface area contributed by atoms with Gasteiger partial charge in [0, 0.05) is 6.54 Å². The lowest BCUT2D eigenvalue weighted by Crippen LogP contribution is -2.35. The summed E-state index contributed by atoms with van der Waals surface area (Å²) < 4.78 is 18.8. The summed E-state index contributed by atoms with van der Waals surface area (Å²) >= 11 is 0. The zero-order chi connectivity index (χ0) is 15.5. The fourth-order valence-corrected chi connectivity index (χ4v) is 2.84. The lowest BCUT2D eigenvalue weighted by Gasteiger charge is -2.24. The Bertz CT molecular complexity index is 671. The van der Waals surface area contributed by atoms with Crippen LogP contribution in [0.4, 0.5) is 4.39 Å². The molecule has 1 aromatic carbocycles. The number of rotatable bonds is 4. The van der Waals surface area contributed by atoms with Crippen LogP contribution in [0.15, 0.2) is 30.5 Å². The topological polar surface area (TPSA) is 58.2 Å². The lowest BCUT2D eigenvalue weighted by atomic mass is 10.1. The van der Waals surface area contributed by atoms with E-state index < -0.39 is 5.82 Å². The van der Waals surface area contributed by atoms with Gasteiger partial charge in [-0.25, -0.2) is 4.39 Å². The Morgan fingerprint density at radius 2 is 2.32 bits per heavy atom. The number of carbonyl (C=O) groups is 1. The van der Waals surface area contributed by atoms with E-state index in [-0.39, 0.29) is 24.3 Å². The monoisotopic (exact) mass is 303 g/mol. The number of hydrogen-bond acceptors (Lipinski definition) is 3. The predicted octanol–water partition coefficient (Wildman–Crippen LogP) is 2.60. The fourth-order valence-electron chi connectivity index (χ4n) is 2.84. The zero-order valence-corrected chi connectivity index (χ0v) is 12.4. The number of halogens is 1. The van der Waals surface area contributed by atoms with Crippen LogP contribution in [0.2, 0.25) is 0 Å². The van der Waals surface area contributed by atoms with Gasteiger partial charge in [0.25, 0.3) is 5.91 Å². The third kappa shape index (κ3) is 2.81. The molecule has 1 aromatic heterocycles. The number of para-hydroxylation sites is 1. The molecular formula is C16H18FN3O2. The van der Waals surface area contributed by atoms with Crippen LogP contribution in [-0.4, -0.2) is 34.2 Å². The van der Waals surface area contributed by atoms with Crippen LogP contribution in [0, 0.1) is 12.7 Å². The maximum Gasteiger partial charge on any atom is 0.261 e. The minimum atomic E-state index is -0.460. The molecule has 0 saturated carbocycles. The average molecular weight is 303 g/mol. The van der Waals surface area contributed by atoms with Gasteiger partial charge in [0.2, 0.25) is 0 Å². The number of aromatic nitrogens is 2. The van der Waals surface area contributed by atoms with E-state index in [1.807, 2.05) is 6.92 Å². The smallest absolute Gasteiger partial charge is 0.261 e. The van der Waals surface area contributed by atoms with Crippen LogP contribution in [0.5, 0.6) is 5.75 Å². The van der Waals surface area contributed by atoms with Crippen molar-refractivity contribution in [1.29, 1.82) is 0 Å². The van der Waals surface area contributed by atoms with Gasteiger partial charge in [-0.05, 0) is 37.5 Å². The van der Waals surface area contributed by atoms with Gasteiger partial charge >= 0.3 is 0 Å². The highest BCUT2D eigenvalue weighted by Gasteiger charge is 2.32. The Labute approximate surface area is 128 Å². The van der Waals surface area contributed by atoms with Gasteiger partial charge in [-0.15, -0.1) is 0 Å². The summed E-state index contributed by atoms with van der Waals surface area (Å²) in [6, 6.07) is 6.09. The van der Waals surface area contributed by atoms with E-state index in [1.165, 1.54) is 12.1 Å². The number of nitrogens with one attached hydrogen (secondary N) is 1. The average Bonchev–Trinajstić information content (AvgIpc) is 3.14. The number of carbonyl (C=O) groups excluding carboxylic acids is 1. The SMILES string of the molecule is Cc1cn[nH]c1[C@H]1CCCN1C(=O)COc1ccccc1F. The van der Waals surface area contributed by atoms with Crippen molar-refractivity contribution in [2.45, 2.75) is 25.8 Å². The molecule has 2 aromatic rings. The van der Waals surface area contributed by atoms with Gasteiger partial charge in [-0.3, -0.25) is 9.89 Å². The van der Waals surface area contributed by atoms with Crippen LogP contribution < -0.4 is 4.74 Å². The third-order valence-electron chi connectivity index (χ3n) is 3.96. The van der Waals surface area contributed by atoms with E-state index in [4.69, 9.17) is 4.74 Å². The van der Waals surface area contributed by atoms with Crippen molar-refractivity contribution in [3.05, 3.63) is 47.5 Å². The quantitative estimate of drug-likeness (QED) is 0.944. The summed E-state index contributed by atoms with van der Waals surface area (Å²) in [4.78, 5) is 14.2. The van der Waals surface area contributed by atoms with Crippen LogP contribution in [0.25, 0.3) is 0 Å². The summed E-state index contributed by atoms with van der Waals surface area (Å²) in [5.41, 5.74) is 2.01. The highest BCUT2D eigenvalue weighted by atomic mass is 19.1. The second-order valence-corrected chi connectivity index (χ2v) is 5.43. The molecule has 0 aliphatic carbocycles. The number of amides is 1. The summed E-state index contributed by atoms with van der Waals surface area (Å²) in [5, 5.41) is 6.99. The molecule has 0 spiro atoms. The number of benzene rings is 1. The molecule has 5 nitrogen and oxygen atoms in total. The van der Waals surface area contributed by atoms with Gasteiger partial charge in [0.1, 0.15) is 0 Å². The first-order valence-electron chi connectivity index (χ1n) is 7.33. The van der Waals surface area contributed by atoms with E-state index in [0.717, 1.165) is 24.1 Å². The Kier molecular flexibility index (Phi) is 4.09. The Morgan fingerprint density at radius 3 is 3.05 bits per heavy atom. The maximum absolute atomic E-state index is 13.5. The van der Waals surface area contributed by atoms with Crippen molar-refractivity contribution < 1.29 is 13.9 Å². The minimum Gasteiger partial charge on any atom is -0.481 e. The number of aromatic amines is 1. The molecule has 1 amide bonds. The number of aryl methyl sites for hydroxylation is 1. The van der Waals surface area contributed by atoms with Crippen molar-refractivity contribution in [2.75, 3.05) is 13.2 Å². The van der Waals surface area contributed by atoms with Gasteiger partial charge in [0.05, 0.1) is 17.9 Å². The molecule has 1 fully saturated rings. The standard InChI is InChI=1S/C16H18FN3O2/c1-11-9-18-19-16(11)13-6-4-8-20(13)15(21)10-22-14-7-3-2-5-12(14)17/h2-3,5,7,9,13H,4,6,8,10H2,1H3,(H,18,19)/t13-/m1/s1. The van der Waals surface area contributed by atoms with Gasteiger partial charge in [-0.1, -0.05) is 12.1 Å². The first kappa shape index (κ1) is 14.6. The van der Waals surface area contributed by atoms with Crippen LogP contribution >= 0.6 is 0 Å².